The average molecular weight is 268 g/mol. The lowest BCUT2D eigenvalue weighted by atomic mass is 10.1. The van der Waals surface area contributed by atoms with Gasteiger partial charge in [-0.25, -0.2) is 4.79 Å². The van der Waals surface area contributed by atoms with E-state index in [9.17, 15) is 4.79 Å². The van der Waals surface area contributed by atoms with E-state index in [0.717, 1.165) is 0 Å². The molecule has 0 aromatic heterocycles. The van der Waals surface area contributed by atoms with Crippen molar-refractivity contribution >= 4 is 6.03 Å². The van der Waals surface area contributed by atoms with Gasteiger partial charge in [0.15, 0.2) is 18.2 Å². The van der Waals surface area contributed by atoms with E-state index in [1.54, 1.807) is 12.3 Å². The lowest BCUT2D eigenvalue weighted by Crippen LogP contribution is -2.57. The molecule has 7 heteroatoms. The Kier molecular flexibility index (Phi) is 2.27. The first-order valence-corrected chi connectivity index (χ1v) is 6.43. The summed E-state index contributed by atoms with van der Waals surface area (Å²) in [7, 11) is 0. The summed E-state index contributed by atoms with van der Waals surface area (Å²) in [6, 6.07) is -0.243. The molecule has 1 N–H and O–H groups in total. The lowest BCUT2D eigenvalue weighted by Gasteiger charge is -2.36. The number of carbonyl (C=O) groups excluding carboxylic acids is 1. The Bertz CT molecular complexity index is 451. The van der Waals surface area contributed by atoms with Crippen molar-refractivity contribution in [3.63, 3.8) is 0 Å². The number of amides is 2. The second-order valence-corrected chi connectivity index (χ2v) is 5.57. The van der Waals surface area contributed by atoms with E-state index >= 15 is 0 Å². The van der Waals surface area contributed by atoms with E-state index in [0.29, 0.717) is 6.61 Å². The van der Waals surface area contributed by atoms with Crippen LogP contribution in [0.25, 0.3) is 0 Å². The summed E-state index contributed by atoms with van der Waals surface area (Å²) in [4.78, 5) is 13.6. The van der Waals surface area contributed by atoms with Crippen molar-refractivity contribution in [2.24, 2.45) is 0 Å². The van der Waals surface area contributed by atoms with Gasteiger partial charge in [-0.3, -0.25) is 4.90 Å². The molecule has 3 fully saturated rings. The van der Waals surface area contributed by atoms with Crippen LogP contribution in [0.2, 0.25) is 0 Å². The van der Waals surface area contributed by atoms with Gasteiger partial charge in [-0.15, -0.1) is 0 Å². The fraction of sp³-hybridized carbons (Fsp3) is 0.750. The Morgan fingerprint density at radius 2 is 2.16 bits per heavy atom. The van der Waals surface area contributed by atoms with Crippen LogP contribution in [0.3, 0.4) is 0 Å². The van der Waals surface area contributed by atoms with Crippen molar-refractivity contribution in [2.45, 2.75) is 50.4 Å². The maximum Gasteiger partial charge on any atom is 0.325 e. The number of hydrogen-bond acceptors (Lipinski definition) is 5. The molecule has 7 nitrogen and oxygen atoms in total. The molecule has 0 aromatic rings. The molecular weight excluding hydrogens is 252 g/mol. The van der Waals surface area contributed by atoms with Gasteiger partial charge in [-0.2, -0.15) is 0 Å². The van der Waals surface area contributed by atoms with E-state index in [1.165, 1.54) is 4.90 Å². The molecular formula is C12H16N2O5. The fourth-order valence-corrected chi connectivity index (χ4v) is 3.09. The topological polar surface area (TPSA) is 69.3 Å². The maximum absolute atomic E-state index is 12.0. The standard InChI is InChI=1S/C12H16N2O5/c1-12(2)18-8-6-5-16-7-3-4-13-11(15)14(7)10(17-6)9(8)19-12/h3-4,6-10H,5H2,1-2H3,(H,13,15). The van der Waals surface area contributed by atoms with Crippen molar-refractivity contribution < 1.29 is 23.7 Å². The van der Waals surface area contributed by atoms with E-state index in [-0.39, 0.29) is 24.3 Å². The maximum atomic E-state index is 12.0. The molecule has 2 amide bonds. The molecule has 104 valence electrons. The molecule has 0 aliphatic carbocycles. The molecule has 0 saturated carbocycles. The van der Waals surface area contributed by atoms with Crippen LogP contribution in [-0.4, -0.2) is 54.1 Å². The summed E-state index contributed by atoms with van der Waals surface area (Å²) >= 11 is 0. The van der Waals surface area contributed by atoms with E-state index < -0.39 is 18.2 Å². The van der Waals surface area contributed by atoms with Gasteiger partial charge in [0.25, 0.3) is 0 Å². The first-order valence-electron chi connectivity index (χ1n) is 6.43. The Labute approximate surface area is 110 Å². The zero-order chi connectivity index (χ0) is 13.2. The molecule has 0 spiro atoms. The van der Waals surface area contributed by atoms with Crippen LogP contribution < -0.4 is 5.32 Å². The van der Waals surface area contributed by atoms with Gasteiger partial charge in [0.1, 0.15) is 18.3 Å². The van der Waals surface area contributed by atoms with Crippen LogP contribution in [-0.2, 0) is 18.9 Å². The third kappa shape index (κ3) is 1.62. The van der Waals surface area contributed by atoms with Crippen molar-refractivity contribution in [3.05, 3.63) is 12.3 Å². The Morgan fingerprint density at radius 3 is 3.00 bits per heavy atom. The van der Waals surface area contributed by atoms with Gasteiger partial charge in [0, 0.05) is 6.20 Å². The molecule has 0 radical (unpaired) electrons. The number of fused-ring (bicyclic) bond motifs is 7. The normalized spacial score (nSPS) is 46.5. The number of nitrogens with zero attached hydrogens (tertiary/aromatic N) is 1. The molecule has 5 unspecified atom stereocenters. The highest BCUT2D eigenvalue weighted by molar-refractivity contribution is 5.77. The summed E-state index contributed by atoms with van der Waals surface area (Å²) in [5.41, 5.74) is 0. The number of hydrogen-bond donors (Lipinski definition) is 1. The number of ether oxygens (including phenoxy) is 4. The number of urea groups is 1. The highest BCUT2D eigenvalue weighted by Gasteiger charge is 2.60. The quantitative estimate of drug-likeness (QED) is 0.676. The van der Waals surface area contributed by atoms with Crippen LogP contribution in [0.15, 0.2) is 12.3 Å². The molecule has 5 atom stereocenters. The largest absolute Gasteiger partial charge is 0.352 e. The lowest BCUT2D eigenvalue weighted by molar-refractivity contribution is -0.197. The predicted molar refractivity (Wildman–Crippen MR) is 61.7 cm³/mol. The predicted octanol–water partition coefficient (Wildman–Crippen LogP) is 0.127. The van der Waals surface area contributed by atoms with Crippen molar-refractivity contribution in [2.75, 3.05) is 6.61 Å². The first-order chi connectivity index (χ1) is 9.05. The molecule has 4 heterocycles. The van der Waals surface area contributed by atoms with E-state index in [1.807, 2.05) is 13.8 Å². The minimum atomic E-state index is -0.655. The molecule has 19 heavy (non-hydrogen) atoms. The summed E-state index contributed by atoms with van der Waals surface area (Å²) < 4.78 is 23.3. The van der Waals surface area contributed by atoms with Crippen LogP contribution in [0.1, 0.15) is 13.8 Å². The third-order valence-electron chi connectivity index (χ3n) is 3.81. The number of carbonyl (C=O) groups is 1. The fourth-order valence-electron chi connectivity index (χ4n) is 3.09. The monoisotopic (exact) mass is 268 g/mol. The second-order valence-electron chi connectivity index (χ2n) is 5.57. The highest BCUT2D eigenvalue weighted by atomic mass is 16.8. The molecule has 4 aliphatic rings. The Hall–Kier alpha value is -1.15. The molecule has 3 saturated heterocycles. The highest BCUT2D eigenvalue weighted by Crippen LogP contribution is 2.42. The zero-order valence-electron chi connectivity index (χ0n) is 10.7. The van der Waals surface area contributed by atoms with E-state index in [2.05, 4.69) is 5.32 Å². The molecule has 2 bridgehead atoms. The SMILES string of the molecule is CC1(C)OC2C3COC4C=CNC(=O)N4C(O3)C2O1. The van der Waals surface area contributed by atoms with Crippen LogP contribution >= 0.6 is 0 Å². The van der Waals surface area contributed by atoms with Gasteiger partial charge in [0.05, 0.1) is 6.61 Å². The number of rotatable bonds is 0. The van der Waals surface area contributed by atoms with Crippen LogP contribution in [0.4, 0.5) is 4.79 Å². The Morgan fingerprint density at radius 1 is 1.37 bits per heavy atom. The minimum Gasteiger partial charge on any atom is -0.352 e. The average Bonchev–Trinajstić information content (AvgIpc) is 2.72. The van der Waals surface area contributed by atoms with Gasteiger partial charge < -0.3 is 24.3 Å². The Balaban J connectivity index is 1.69. The first kappa shape index (κ1) is 11.7. The second kappa shape index (κ2) is 3.69. The summed E-state index contributed by atoms with van der Waals surface area (Å²) in [6.45, 7) is 4.12. The zero-order valence-corrected chi connectivity index (χ0v) is 10.7. The third-order valence-corrected chi connectivity index (χ3v) is 3.81. The van der Waals surface area contributed by atoms with Crippen molar-refractivity contribution in [1.29, 1.82) is 0 Å². The van der Waals surface area contributed by atoms with Gasteiger partial charge >= 0.3 is 6.03 Å². The molecule has 0 aromatic carbocycles. The summed E-state index contributed by atoms with van der Waals surface area (Å²) in [5.74, 6) is -0.655. The minimum absolute atomic E-state index is 0.195. The van der Waals surface area contributed by atoms with Crippen LogP contribution in [0, 0.1) is 0 Å². The van der Waals surface area contributed by atoms with Gasteiger partial charge in [0.2, 0.25) is 0 Å². The summed E-state index contributed by atoms with van der Waals surface area (Å²) in [5, 5.41) is 2.64. The van der Waals surface area contributed by atoms with Crippen LogP contribution in [0.5, 0.6) is 0 Å². The molecule has 4 aliphatic heterocycles. The van der Waals surface area contributed by atoms with E-state index in [4.69, 9.17) is 18.9 Å². The van der Waals surface area contributed by atoms with Gasteiger partial charge in [-0.05, 0) is 19.9 Å². The number of nitrogens with one attached hydrogen (secondary N) is 1. The smallest absolute Gasteiger partial charge is 0.325 e. The van der Waals surface area contributed by atoms with Crippen molar-refractivity contribution in [3.8, 4) is 0 Å². The summed E-state index contributed by atoms with van der Waals surface area (Å²) in [6.07, 6.45) is 1.83. The van der Waals surface area contributed by atoms with Crippen molar-refractivity contribution in [1.82, 2.24) is 10.2 Å². The van der Waals surface area contributed by atoms with Gasteiger partial charge in [-0.1, -0.05) is 0 Å². The molecule has 4 rings (SSSR count).